The summed E-state index contributed by atoms with van der Waals surface area (Å²) in [5.74, 6) is -1.55. The van der Waals surface area contributed by atoms with Gasteiger partial charge in [-0.2, -0.15) is 0 Å². The van der Waals surface area contributed by atoms with Gasteiger partial charge in [0.2, 0.25) is 0 Å². The molecular weight excluding hydrogens is 448 g/mol. The zero-order chi connectivity index (χ0) is 21.8. The third-order valence-corrected chi connectivity index (χ3v) is 5.92. The van der Waals surface area contributed by atoms with Crippen molar-refractivity contribution < 1.29 is 19.8 Å². The van der Waals surface area contributed by atoms with Gasteiger partial charge in [0.15, 0.2) is 0 Å². The number of aromatic hydroxyl groups is 1. The van der Waals surface area contributed by atoms with Crippen LogP contribution in [0.5, 0.6) is 5.75 Å². The van der Waals surface area contributed by atoms with Crippen LogP contribution < -0.4 is 0 Å². The number of benzene rings is 2. The number of nitrogens with zero attached hydrogens (tertiary/aromatic N) is 2. The minimum absolute atomic E-state index is 0.0328. The van der Waals surface area contributed by atoms with E-state index in [0.29, 0.717) is 24.2 Å². The van der Waals surface area contributed by atoms with Crippen LogP contribution in [0.1, 0.15) is 31.0 Å². The van der Waals surface area contributed by atoms with Gasteiger partial charge in [0, 0.05) is 23.1 Å². The second-order valence-electron chi connectivity index (χ2n) is 7.12. The van der Waals surface area contributed by atoms with Crippen molar-refractivity contribution in [2.24, 2.45) is 0 Å². The van der Waals surface area contributed by atoms with Crippen LogP contribution in [0.15, 0.2) is 58.6 Å². The van der Waals surface area contributed by atoms with Crippen molar-refractivity contribution in [1.82, 2.24) is 9.80 Å². The average Bonchev–Trinajstić information content (AvgIpc) is 2.99. The number of hydrogen-bond donors (Lipinski definition) is 2. The normalized spacial score (nSPS) is 18.4. The molecule has 3 rings (SSSR count). The third-order valence-electron chi connectivity index (χ3n) is 5.40. The number of rotatable bonds is 7. The van der Waals surface area contributed by atoms with Crippen LogP contribution in [-0.2, 0) is 9.59 Å². The van der Waals surface area contributed by atoms with Crippen molar-refractivity contribution in [3.63, 3.8) is 0 Å². The first-order valence-corrected chi connectivity index (χ1v) is 10.7. The first-order chi connectivity index (χ1) is 14.4. The number of phenolic OH excluding ortho intramolecular Hbond substituents is 1. The predicted octanol–water partition coefficient (Wildman–Crippen LogP) is 3.92. The lowest BCUT2D eigenvalue weighted by molar-refractivity contribution is -0.140. The van der Waals surface area contributed by atoms with Crippen molar-refractivity contribution in [1.29, 1.82) is 0 Å². The van der Waals surface area contributed by atoms with E-state index in [1.807, 2.05) is 13.8 Å². The zero-order valence-corrected chi connectivity index (χ0v) is 18.6. The molecule has 0 aromatic heterocycles. The van der Waals surface area contributed by atoms with Crippen molar-refractivity contribution >= 4 is 33.4 Å². The standard InChI is InChI=1S/C23H25BrN2O4/c1-3-25(4-2)12-13-26-20(16-6-5-7-18(27)14-16)19(22(29)23(26)30)21(28)15-8-10-17(24)11-9-15/h5-11,14,20,27-28H,3-4,12-13H2,1-2H3/b21-19-. The van der Waals surface area contributed by atoms with Gasteiger partial charge >= 0.3 is 0 Å². The molecule has 1 heterocycles. The van der Waals surface area contributed by atoms with Gasteiger partial charge in [-0.25, -0.2) is 0 Å². The van der Waals surface area contributed by atoms with E-state index >= 15 is 0 Å². The fraction of sp³-hybridized carbons (Fsp3) is 0.304. The van der Waals surface area contributed by atoms with E-state index in [1.165, 1.54) is 17.0 Å². The zero-order valence-electron chi connectivity index (χ0n) is 17.0. The highest BCUT2D eigenvalue weighted by atomic mass is 79.9. The Hall–Kier alpha value is -2.64. The molecule has 1 aliphatic rings. The highest BCUT2D eigenvalue weighted by Crippen LogP contribution is 2.40. The quantitative estimate of drug-likeness (QED) is 0.362. The Kier molecular flexibility index (Phi) is 6.95. The SMILES string of the molecule is CCN(CC)CCN1C(=O)C(=O)/C(=C(\O)c2ccc(Br)cc2)C1c1cccc(O)c1. The number of ketones is 1. The maximum absolute atomic E-state index is 13.0. The van der Waals surface area contributed by atoms with Gasteiger partial charge in [0.05, 0.1) is 11.6 Å². The Balaban J connectivity index is 2.09. The molecule has 1 saturated heterocycles. The molecule has 7 heteroatoms. The van der Waals surface area contributed by atoms with Crippen molar-refractivity contribution in [2.45, 2.75) is 19.9 Å². The van der Waals surface area contributed by atoms with Gasteiger partial charge in [-0.1, -0.05) is 54.0 Å². The second kappa shape index (κ2) is 9.45. The molecule has 1 amide bonds. The monoisotopic (exact) mass is 472 g/mol. The molecule has 0 aliphatic carbocycles. The smallest absolute Gasteiger partial charge is 0.295 e. The van der Waals surface area contributed by atoms with Gasteiger partial charge in [-0.05, 0) is 42.9 Å². The Morgan fingerprint density at radius 3 is 2.37 bits per heavy atom. The lowest BCUT2D eigenvalue weighted by atomic mass is 9.95. The van der Waals surface area contributed by atoms with E-state index in [9.17, 15) is 19.8 Å². The summed E-state index contributed by atoms with van der Waals surface area (Å²) in [6, 6.07) is 12.6. The number of carbonyl (C=O) groups excluding carboxylic acids is 2. The van der Waals surface area contributed by atoms with Crippen molar-refractivity contribution in [3.8, 4) is 5.75 Å². The molecule has 0 spiro atoms. The molecular formula is C23H25BrN2O4. The number of amides is 1. The summed E-state index contributed by atoms with van der Waals surface area (Å²) in [5, 5.41) is 21.0. The first kappa shape index (κ1) is 22.1. The molecule has 2 aromatic carbocycles. The van der Waals surface area contributed by atoms with E-state index in [0.717, 1.165) is 17.6 Å². The minimum atomic E-state index is -0.767. The number of hydrogen-bond acceptors (Lipinski definition) is 5. The van der Waals surface area contributed by atoms with E-state index in [1.54, 1.807) is 36.4 Å². The first-order valence-electron chi connectivity index (χ1n) is 9.93. The Morgan fingerprint density at radius 1 is 1.10 bits per heavy atom. The largest absolute Gasteiger partial charge is 0.508 e. The van der Waals surface area contributed by atoms with Crippen molar-refractivity contribution in [3.05, 3.63) is 69.7 Å². The predicted molar refractivity (Wildman–Crippen MR) is 119 cm³/mol. The molecule has 1 unspecified atom stereocenters. The van der Waals surface area contributed by atoms with E-state index < -0.39 is 17.7 Å². The fourth-order valence-corrected chi connectivity index (χ4v) is 3.97. The maximum Gasteiger partial charge on any atom is 0.295 e. The molecule has 0 saturated carbocycles. The highest BCUT2D eigenvalue weighted by molar-refractivity contribution is 9.10. The second-order valence-corrected chi connectivity index (χ2v) is 8.04. The molecule has 0 bridgehead atoms. The van der Waals surface area contributed by atoms with Crippen LogP contribution >= 0.6 is 15.9 Å². The molecule has 30 heavy (non-hydrogen) atoms. The Bertz CT molecular complexity index is 967. The number of halogens is 1. The van der Waals surface area contributed by atoms with Crippen LogP contribution in [0.2, 0.25) is 0 Å². The van der Waals surface area contributed by atoms with E-state index in [2.05, 4.69) is 20.8 Å². The molecule has 2 aromatic rings. The lowest BCUT2D eigenvalue weighted by Gasteiger charge is -2.28. The Morgan fingerprint density at radius 2 is 1.77 bits per heavy atom. The molecule has 1 fully saturated rings. The fourth-order valence-electron chi connectivity index (χ4n) is 3.70. The molecule has 2 N–H and O–H groups in total. The molecule has 158 valence electrons. The van der Waals surface area contributed by atoms with Gasteiger partial charge < -0.3 is 20.0 Å². The van der Waals surface area contributed by atoms with Crippen LogP contribution in [0.25, 0.3) is 5.76 Å². The van der Waals surface area contributed by atoms with Crippen LogP contribution in [0.3, 0.4) is 0 Å². The summed E-state index contributed by atoms with van der Waals surface area (Å²) in [5.41, 5.74) is 1.06. The molecule has 1 atom stereocenters. The number of aliphatic hydroxyl groups excluding tert-OH is 1. The summed E-state index contributed by atoms with van der Waals surface area (Å²) in [6.07, 6.45) is 0. The van der Waals surface area contributed by atoms with Gasteiger partial charge in [-0.15, -0.1) is 0 Å². The van der Waals surface area contributed by atoms with Crippen LogP contribution in [-0.4, -0.2) is 57.9 Å². The summed E-state index contributed by atoms with van der Waals surface area (Å²) >= 11 is 3.35. The number of aliphatic hydroxyl groups is 1. The summed E-state index contributed by atoms with van der Waals surface area (Å²) in [7, 11) is 0. The van der Waals surface area contributed by atoms with Crippen molar-refractivity contribution in [2.75, 3.05) is 26.2 Å². The summed E-state index contributed by atoms with van der Waals surface area (Å²) in [6.45, 7) is 6.68. The maximum atomic E-state index is 13.0. The lowest BCUT2D eigenvalue weighted by Crippen LogP contribution is -2.38. The van der Waals surface area contributed by atoms with Crippen LogP contribution in [0, 0.1) is 0 Å². The third kappa shape index (κ3) is 4.42. The summed E-state index contributed by atoms with van der Waals surface area (Å²) < 4.78 is 0.836. The Labute approximate surface area is 184 Å². The van der Waals surface area contributed by atoms with Gasteiger partial charge in [-0.3, -0.25) is 9.59 Å². The van der Waals surface area contributed by atoms with E-state index in [4.69, 9.17) is 0 Å². The minimum Gasteiger partial charge on any atom is -0.508 e. The van der Waals surface area contributed by atoms with Gasteiger partial charge in [0.1, 0.15) is 11.5 Å². The number of likely N-dealkylation sites (tertiary alicyclic amines) is 1. The number of likely N-dealkylation sites (N-methyl/N-ethyl adjacent to an activating group) is 1. The van der Waals surface area contributed by atoms with E-state index in [-0.39, 0.29) is 17.1 Å². The number of phenols is 1. The molecule has 0 radical (unpaired) electrons. The number of Topliss-reactive ketones (excluding diaryl/α,β-unsaturated/α-hetero) is 1. The number of carbonyl (C=O) groups is 2. The summed E-state index contributed by atoms with van der Waals surface area (Å²) in [4.78, 5) is 29.5. The molecule has 6 nitrogen and oxygen atoms in total. The highest BCUT2D eigenvalue weighted by Gasteiger charge is 2.46. The molecule has 1 aliphatic heterocycles. The topological polar surface area (TPSA) is 81.1 Å². The van der Waals surface area contributed by atoms with Gasteiger partial charge in [0.25, 0.3) is 11.7 Å². The van der Waals surface area contributed by atoms with Crippen LogP contribution in [0.4, 0.5) is 0 Å². The average molecular weight is 473 g/mol.